The molecule has 0 atom stereocenters. The quantitative estimate of drug-likeness (QED) is 0.837. The number of aromatic nitrogens is 1. The second-order valence-electron chi connectivity index (χ2n) is 8.53. The van der Waals surface area contributed by atoms with E-state index in [4.69, 9.17) is 11.6 Å². The Balaban J connectivity index is 1.52. The normalized spacial score (nSPS) is 26.9. The number of likely N-dealkylation sites (tertiary alicyclic amines) is 1. The van der Waals surface area contributed by atoms with Crippen LogP contribution >= 0.6 is 11.6 Å². The first-order valence-corrected chi connectivity index (χ1v) is 10.2. The van der Waals surface area contributed by atoms with Crippen LogP contribution in [0.3, 0.4) is 0 Å². The molecule has 2 aromatic rings. The molecule has 0 spiro atoms. The third-order valence-electron chi connectivity index (χ3n) is 6.19. The second kappa shape index (κ2) is 7.10. The topological polar surface area (TPSA) is 37.3 Å². The van der Waals surface area contributed by atoms with Gasteiger partial charge in [0.15, 0.2) is 0 Å². The summed E-state index contributed by atoms with van der Waals surface area (Å²) in [5, 5.41) is 4.50. The molecule has 4 nitrogen and oxygen atoms in total. The van der Waals surface area contributed by atoms with Crippen LogP contribution in [-0.2, 0) is 0 Å². The van der Waals surface area contributed by atoms with E-state index in [1.165, 1.54) is 0 Å². The standard InChI is InChI=1S/C21H27ClFN3O/c1-21(23)8-6-14(7-9-21)10-24-20(27)16-13-26(15-11-25(2)12-15)18-5-3-4-17(22)19(16)18/h3-5,13-15H,6-12H2,1-2H3,(H,24,27). The molecule has 146 valence electrons. The molecular formula is C21H27ClFN3O. The van der Waals surface area contributed by atoms with Gasteiger partial charge in [-0.2, -0.15) is 0 Å². The van der Waals surface area contributed by atoms with Gasteiger partial charge in [0.05, 0.1) is 22.1 Å². The third kappa shape index (κ3) is 3.72. The fourth-order valence-corrected chi connectivity index (χ4v) is 4.67. The van der Waals surface area contributed by atoms with Crippen LogP contribution in [0.5, 0.6) is 0 Å². The molecule has 0 bridgehead atoms. The zero-order chi connectivity index (χ0) is 19.2. The highest BCUT2D eigenvalue weighted by atomic mass is 35.5. The number of rotatable bonds is 4. The van der Waals surface area contributed by atoms with Crippen LogP contribution in [0.2, 0.25) is 5.02 Å². The second-order valence-corrected chi connectivity index (χ2v) is 8.93. The van der Waals surface area contributed by atoms with Gasteiger partial charge in [0.25, 0.3) is 5.91 Å². The number of nitrogens with zero attached hydrogens (tertiary/aromatic N) is 2. The lowest BCUT2D eigenvalue weighted by molar-refractivity contribution is 0.0894. The lowest BCUT2D eigenvalue weighted by atomic mass is 9.81. The zero-order valence-corrected chi connectivity index (χ0v) is 16.7. The fourth-order valence-electron chi connectivity index (χ4n) is 4.40. The van der Waals surface area contributed by atoms with Crippen LogP contribution < -0.4 is 5.32 Å². The van der Waals surface area contributed by atoms with Crippen molar-refractivity contribution in [2.75, 3.05) is 26.7 Å². The van der Waals surface area contributed by atoms with Gasteiger partial charge in [-0.1, -0.05) is 17.7 Å². The number of carbonyl (C=O) groups is 1. The van der Waals surface area contributed by atoms with E-state index in [-0.39, 0.29) is 5.91 Å². The van der Waals surface area contributed by atoms with E-state index in [0.29, 0.717) is 41.9 Å². The molecule has 1 saturated carbocycles. The molecule has 6 heteroatoms. The van der Waals surface area contributed by atoms with Gasteiger partial charge in [-0.05, 0) is 57.7 Å². The number of carbonyl (C=O) groups excluding carboxylic acids is 1. The molecule has 1 aliphatic heterocycles. The summed E-state index contributed by atoms with van der Waals surface area (Å²) in [6, 6.07) is 6.17. The van der Waals surface area contributed by atoms with Gasteiger partial charge in [-0.15, -0.1) is 0 Å². The van der Waals surface area contributed by atoms with E-state index in [0.717, 1.165) is 36.8 Å². The fraction of sp³-hybridized carbons (Fsp3) is 0.571. The summed E-state index contributed by atoms with van der Waals surface area (Å²) in [6.07, 6.45) is 4.75. The molecule has 1 aromatic heterocycles. The summed E-state index contributed by atoms with van der Waals surface area (Å²) in [5.41, 5.74) is 0.602. The Morgan fingerprint density at radius 3 is 2.70 bits per heavy atom. The van der Waals surface area contributed by atoms with E-state index in [1.54, 1.807) is 6.92 Å². The van der Waals surface area contributed by atoms with Crippen molar-refractivity contribution in [2.45, 2.75) is 44.3 Å². The minimum absolute atomic E-state index is 0.0897. The van der Waals surface area contributed by atoms with E-state index in [2.05, 4.69) is 21.8 Å². The molecule has 1 aromatic carbocycles. The first kappa shape index (κ1) is 18.8. The smallest absolute Gasteiger partial charge is 0.253 e. The Morgan fingerprint density at radius 2 is 2.04 bits per heavy atom. The summed E-state index contributed by atoms with van der Waals surface area (Å²) >= 11 is 6.45. The predicted octanol–water partition coefficient (Wildman–Crippen LogP) is 4.43. The summed E-state index contributed by atoms with van der Waals surface area (Å²) in [6.45, 7) is 4.22. The monoisotopic (exact) mass is 391 g/mol. The number of nitrogens with one attached hydrogen (secondary N) is 1. The number of fused-ring (bicyclic) bond motifs is 1. The van der Waals surface area contributed by atoms with Gasteiger partial charge in [0, 0.05) is 31.2 Å². The minimum atomic E-state index is -1.04. The van der Waals surface area contributed by atoms with Gasteiger partial charge in [-0.25, -0.2) is 4.39 Å². The SMILES string of the molecule is CN1CC(n2cc(C(=O)NCC3CCC(C)(F)CC3)c3c(Cl)cccc32)C1. The average Bonchev–Trinajstić information content (AvgIpc) is 2.98. The lowest BCUT2D eigenvalue weighted by Gasteiger charge is -2.37. The largest absolute Gasteiger partial charge is 0.352 e. The molecule has 2 heterocycles. The van der Waals surface area contributed by atoms with Crippen molar-refractivity contribution in [1.29, 1.82) is 0 Å². The molecule has 1 saturated heterocycles. The highest BCUT2D eigenvalue weighted by Gasteiger charge is 2.31. The van der Waals surface area contributed by atoms with Gasteiger partial charge >= 0.3 is 0 Å². The van der Waals surface area contributed by atoms with Crippen molar-refractivity contribution < 1.29 is 9.18 Å². The van der Waals surface area contributed by atoms with Crippen molar-refractivity contribution in [2.24, 2.45) is 5.92 Å². The van der Waals surface area contributed by atoms with Crippen LogP contribution in [0.1, 0.15) is 49.0 Å². The van der Waals surface area contributed by atoms with Crippen LogP contribution in [0.4, 0.5) is 4.39 Å². The molecular weight excluding hydrogens is 365 g/mol. The highest BCUT2D eigenvalue weighted by molar-refractivity contribution is 6.36. The predicted molar refractivity (Wildman–Crippen MR) is 107 cm³/mol. The summed E-state index contributed by atoms with van der Waals surface area (Å²) in [4.78, 5) is 15.2. The Hall–Kier alpha value is -1.59. The van der Waals surface area contributed by atoms with E-state index in [1.807, 2.05) is 24.4 Å². The van der Waals surface area contributed by atoms with E-state index >= 15 is 0 Å². The Bertz CT molecular complexity index is 846. The Labute approximate surface area is 164 Å². The van der Waals surface area contributed by atoms with Crippen molar-refractivity contribution >= 4 is 28.4 Å². The first-order valence-electron chi connectivity index (χ1n) is 9.79. The molecule has 1 amide bonds. The lowest BCUT2D eigenvalue weighted by Crippen LogP contribution is -2.44. The molecule has 1 aliphatic carbocycles. The van der Waals surface area contributed by atoms with Crippen LogP contribution in [0.25, 0.3) is 10.9 Å². The van der Waals surface area contributed by atoms with Crippen molar-refractivity contribution in [3.8, 4) is 0 Å². The maximum atomic E-state index is 14.0. The van der Waals surface area contributed by atoms with Crippen LogP contribution in [0, 0.1) is 5.92 Å². The average molecular weight is 392 g/mol. The highest BCUT2D eigenvalue weighted by Crippen LogP contribution is 2.35. The van der Waals surface area contributed by atoms with E-state index < -0.39 is 5.67 Å². The van der Waals surface area contributed by atoms with Gasteiger partial charge < -0.3 is 14.8 Å². The molecule has 4 rings (SSSR count). The van der Waals surface area contributed by atoms with Crippen molar-refractivity contribution in [1.82, 2.24) is 14.8 Å². The maximum absolute atomic E-state index is 14.0. The van der Waals surface area contributed by atoms with Crippen molar-refractivity contribution in [3.05, 3.63) is 35.0 Å². The molecule has 0 radical (unpaired) electrons. The third-order valence-corrected chi connectivity index (χ3v) is 6.50. The molecule has 27 heavy (non-hydrogen) atoms. The maximum Gasteiger partial charge on any atom is 0.253 e. The first-order chi connectivity index (χ1) is 12.8. The minimum Gasteiger partial charge on any atom is -0.352 e. The van der Waals surface area contributed by atoms with Gasteiger partial charge in [0.2, 0.25) is 0 Å². The molecule has 2 fully saturated rings. The number of halogens is 2. The summed E-state index contributed by atoms with van der Waals surface area (Å²) in [7, 11) is 2.09. The Kier molecular flexibility index (Phi) is 4.93. The van der Waals surface area contributed by atoms with Crippen LogP contribution in [-0.4, -0.2) is 47.7 Å². The number of hydrogen-bond donors (Lipinski definition) is 1. The number of likely N-dealkylation sites (N-methyl/N-ethyl adjacent to an activating group) is 1. The molecule has 2 aliphatic rings. The number of amides is 1. The Morgan fingerprint density at radius 1 is 1.33 bits per heavy atom. The van der Waals surface area contributed by atoms with Crippen molar-refractivity contribution in [3.63, 3.8) is 0 Å². The number of benzene rings is 1. The number of hydrogen-bond acceptors (Lipinski definition) is 2. The van der Waals surface area contributed by atoms with Crippen LogP contribution in [0.15, 0.2) is 24.4 Å². The number of alkyl halides is 1. The van der Waals surface area contributed by atoms with E-state index in [9.17, 15) is 9.18 Å². The molecule has 1 N–H and O–H groups in total. The summed E-state index contributed by atoms with van der Waals surface area (Å²) in [5.74, 6) is 0.259. The summed E-state index contributed by atoms with van der Waals surface area (Å²) < 4.78 is 16.1. The van der Waals surface area contributed by atoms with Gasteiger partial charge in [0.1, 0.15) is 5.67 Å². The molecule has 0 unspecified atom stereocenters. The van der Waals surface area contributed by atoms with Gasteiger partial charge in [-0.3, -0.25) is 4.79 Å². The zero-order valence-electron chi connectivity index (χ0n) is 16.0.